The molecule has 0 bridgehead atoms. The van der Waals surface area contributed by atoms with Crippen LogP contribution in [0.2, 0.25) is 0 Å². The number of benzene rings is 2. The van der Waals surface area contributed by atoms with Gasteiger partial charge in [-0.1, -0.05) is 23.8 Å². The molecule has 0 saturated carbocycles. The summed E-state index contributed by atoms with van der Waals surface area (Å²) in [5, 5.41) is 2.49. The normalized spacial score (nSPS) is 17.0. The first-order chi connectivity index (χ1) is 13.3. The lowest BCUT2D eigenvalue weighted by atomic mass is 10.2. The number of aryl methyl sites for hydroxylation is 1. The predicted octanol–water partition coefficient (Wildman–Crippen LogP) is 2.96. The van der Waals surface area contributed by atoms with Crippen LogP contribution in [0.1, 0.15) is 11.1 Å². The zero-order valence-electron chi connectivity index (χ0n) is 15.4. The van der Waals surface area contributed by atoms with E-state index >= 15 is 0 Å². The zero-order chi connectivity index (χ0) is 20.3. The van der Waals surface area contributed by atoms with E-state index < -0.39 is 15.9 Å². The van der Waals surface area contributed by atoms with Crippen LogP contribution in [-0.2, 0) is 14.8 Å². The molecule has 0 aliphatic carbocycles. The van der Waals surface area contributed by atoms with Crippen LogP contribution in [0.5, 0.6) is 11.5 Å². The standard InChI is InChI=1S/C19H18N2O5S2/c1-12-4-7-14(8-5-12)28(23,24)21-19-20-18(22)17(27-19)11-13-6-9-15(25-2)16(10-13)26-3/h4-11H,1-3H3,(H,20,21,22). The molecule has 0 radical (unpaired) electrons. The molecular weight excluding hydrogens is 400 g/mol. The van der Waals surface area contributed by atoms with Crippen LogP contribution in [0.3, 0.4) is 0 Å². The van der Waals surface area contributed by atoms with Gasteiger partial charge in [0, 0.05) is 0 Å². The summed E-state index contributed by atoms with van der Waals surface area (Å²) in [6, 6.07) is 11.6. The molecule has 9 heteroatoms. The van der Waals surface area contributed by atoms with Gasteiger partial charge in [-0.2, -0.15) is 8.42 Å². The Morgan fingerprint density at radius 3 is 2.36 bits per heavy atom. The number of nitrogens with one attached hydrogen (secondary N) is 1. The molecule has 1 heterocycles. The summed E-state index contributed by atoms with van der Waals surface area (Å²) in [5.74, 6) is 0.674. The fourth-order valence-corrected chi connectivity index (χ4v) is 4.42. The van der Waals surface area contributed by atoms with Crippen LogP contribution >= 0.6 is 11.8 Å². The van der Waals surface area contributed by atoms with Gasteiger partial charge in [-0.05, 0) is 54.6 Å². The largest absolute Gasteiger partial charge is 0.493 e. The Morgan fingerprint density at radius 2 is 1.71 bits per heavy atom. The third-order valence-electron chi connectivity index (χ3n) is 3.88. The average molecular weight is 418 g/mol. The molecule has 3 rings (SSSR count). The van der Waals surface area contributed by atoms with Gasteiger partial charge in [0.15, 0.2) is 16.7 Å². The van der Waals surface area contributed by atoms with E-state index in [9.17, 15) is 13.2 Å². The van der Waals surface area contributed by atoms with E-state index in [2.05, 4.69) is 9.71 Å². The Morgan fingerprint density at radius 1 is 1.04 bits per heavy atom. The molecule has 1 N–H and O–H groups in total. The number of rotatable bonds is 5. The third-order valence-corrected chi connectivity index (χ3v) is 6.19. The van der Waals surface area contributed by atoms with Crippen molar-refractivity contribution < 1.29 is 22.7 Å². The summed E-state index contributed by atoms with van der Waals surface area (Å²) in [7, 11) is -0.856. The first-order valence-electron chi connectivity index (χ1n) is 8.17. The van der Waals surface area contributed by atoms with Crippen molar-refractivity contribution in [3.05, 3.63) is 58.5 Å². The summed E-state index contributed by atoms with van der Waals surface area (Å²) < 4.78 is 39.0. The predicted molar refractivity (Wildman–Crippen MR) is 109 cm³/mol. The molecule has 0 aromatic heterocycles. The SMILES string of the molecule is COc1ccc(C=C2SC(=NS(=O)(=O)c3ccc(C)cc3)NC2=O)cc1OC. The molecule has 1 aliphatic heterocycles. The molecule has 1 saturated heterocycles. The highest BCUT2D eigenvalue weighted by atomic mass is 32.2. The van der Waals surface area contributed by atoms with Crippen molar-refractivity contribution >= 4 is 38.9 Å². The second-order valence-corrected chi connectivity index (χ2v) is 8.50. The molecule has 146 valence electrons. The van der Waals surface area contributed by atoms with Crippen LogP contribution in [0, 0.1) is 6.92 Å². The van der Waals surface area contributed by atoms with Crippen molar-refractivity contribution in [2.75, 3.05) is 14.2 Å². The minimum absolute atomic E-state index is 0.0114. The van der Waals surface area contributed by atoms with Crippen LogP contribution in [0.4, 0.5) is 0 Å². The number of amides is 1. The minimum atomic E-state index is -3.91. The van der Waals surface area contributed by atoms with E-state index in [4.69, 9.17) is 9.47 Å². The highest BCUT2D eigenvalue weighted by Crippen LogP contribution is 2.31. The number of carbonyl (C=O) groups excluding carboxylic acids is 1. The molecule has 2 aromatic rings. The van der Waals surface area contributed by atoms with Crippen LogP contribution in [0.15, 0.2) is 56.7 Å². The smallest absolute Gasteiger partial charge is 0.284 e. The molecule has 1 aliphatic rings. The molecule has 28 heavy (non-hydrogen) atoms. The lowest BCUT2D eigenvalue weighted by Gasteiger charge is -2.07. The van der Waals surface area contributed by atoms with Gasteiger partial charge in [0.2, 0.25) is 0 Å². The number of sulfonamides is 1. The number of nitrogens with zero attached hydrogens (tertiary/aromatic N) is 1. The van der Waals surface area contributed by atoms with E-state index in [1.165, 1.54) is 26.4 Å². The summed E-state index contributed by atoms with van der Waals surface area (Å²) >= 11 is 0.961. The van der Waals surface area contributed by atoms with E-state index in [1.807, 2.05) is 6.92 Å². The van der Waals surface area contributed by atoms with E-state index in [1.54, 1.807) is 36.4 Å². The number of amidine groups is 1. The van der Waals surface area contributed by atoms with Crippen molar-refractivity contribution in [1.29, 1.82) is 0 Å². The fourth-order valence-electron chi connectivity index (χ4n) is 2.44. The number of ether oxygens (including phenoxy) is 2. The molecule has 0 spiro atoms. The van der Waals surface area contributed by atoms with Gasteiger partial charge < -0.3 is 9.47 Å². The Labute approximate surface area is 167 Å². The first kappa shape index (κ1) is 20.0. The number of hydrogen-bond donors (Lipinski definition) is 1. The fraction of sp³-hybridized carbons (Fsp3) is 0.158. The summed E-state index contributed by atoms with van der Waals surface area (Å²) in [6.07, 6.45) is 1.63. The Kier molecular flexibility index (Phi) is 5.76. The number of thioether (sulfide) groups is 1. The Bertz CT molecular complexity index is 1070. The maximum Gasteiger partial charge on any atom is 0.284 e. The van der Waals surface area contributed by atoms with E-state index in [0.717, 1.165) is 17.3 Å². The minimum Gasteiger partial charge on any atom is -0.493 e. The van der Waals surface area contributed by atoms with Gasteiger partial charge in [0.25, 0.3) is 15.9 Å². The van der Waals surface area contributed by atoms with Crippen LogP contribution < -0.4 is 14.8 Å². The van der Waals surface area contributed by atoms with Crippen LogP contribution in [-0.4, -0.2) is 33.7 Å². The van der Waals surface area contributed by atoms with Crippen molar-refractivity contribution in [3.8, 4) is 11.5 Å². The van der Waals surface area contributed by atoms with Crippen molar-refractivity contribution in [2.24, 2.45) is 4.40 Å². The highest BCUT2D eigenvalue weighted by molar-refractivity contribution is 8.19. The quantitative estimate of drug-likeness (QED) is 0.751. The molecule has 0 atom stereocenters. The number of carbonyl (C=O) groups is 1. The summed E-state index contributed by atoms with van der Waals surface area (Å²) in [5.41, 5.74) is 1.65. The monoisotopic (exact) mass is 418 g/mol. The van der Waals surface area contributed by atoms with Crippen molar-refractivity contribution in [2.45, 2.75) is 11.8 Å². The van der Waals surface area contributed by atoms with E-state index in [-0.39, 0.29) is 10.1 Å². The Balaban J connectivity index is 1.86. The Hall–Kier alpha value is -2.78. The van der Waals surface area contributed by atoms with E-state index in [0.29, 0.717) is 22.0 Å². The molecule has 2 aromatic carbocycles. The van der Waals surface area contributed by atoms with Crippen LogP contribution in [0.25, 0.3) is 6.08 Å². The molecule has 7 nitrogen and oxygen atoms in total. The zero-order valence-corrected chi connectivity index (χ0v) is 17.1. The van der Waals surface area contributed by atoms with Gasteiger partial charge >= 0.3 is 0 Å². The molecular formula is C19H18N2O5S2. The maximum atomic E-state index is 12.4. The topological polar surface area (TPSA) is 94.1 Å². The summed E-state index contributed by atoms with van der Waals surface area (Å²) in [4.78, 5) is 12.6. The highest BCUT2D eigenvalue weighted by Gasteiger charge is 2.26. The van der Waals surface area contributed by atoms with Crippen molar-refractivity contribution in [3.63, 3.8) is 0 Å². The second-order valence-electron chi connectivity index (χ2n) is 5.86. The number of hydrogen-bond acceptors (Lipinski definition) is 6. The maximum absolute atomic E-state index is 12.4. The third kappa shape index (κ3) is 4.37. The van der Waals surface area contributed by atoms with Gasteiger partial charge in [0.05, 0.1) is 24.0 Å². The second kappa shape index (κ2) is 8.07. The molecule has 1 amide bonds. The van der Waals surface area contributed by atoms with Gasteiger partial charge in [-0.25, -0.2) is 0 Å². The first-order valence-corrected chi connectivity index (χ1v) is 10.4. The van der Waals surface area contributed by atoms with Gasteiger partial charge in [-0.15, -0.1) is 4.40 Å². The molecule has 1 fully saturated rings. The number of methoxy groups -OCH3 is 2. The molecule has 0 unspecified atom stereocenters. The lowest BCUT2D eigenvalue weighted by Crippen LogP contribution is -2.20. The van der Waals surface area contributed by atoms with Gasteiger partial charge in [0.1, 0.15) is 0 Å². The average Bonchev–Trinajstić information content (AvgIpc) is 3.00. The summed E-state index contributed by atoms with van der Waals surface area (Å²) in [6.45, 7) is 1.86. The van der Waals surface area contributed by atoms with Gasteiger partial charge in [-0.3, -0.25) is 10.1 Å². The van der Waals surface area contributed by atoms with Crippen molar-refractivity contribution in [1.82, 2.24) is 5.32 Å². The lowest BCUT2D eigenvalue weighted by molar-refractivity contribution is -0.115.